The Hall–Kier alpha value is -0.720. The summed E-state index contributed by atoms with van der Waals surface area (Å²) in [6.45, 7) is 4.62. The lowest BCUT2D eigenvalue weighted by molar-refractivity contribution is 0.316. The van der Waals surface area contributed by atoms with E-state index in [1.54, 1.807) is 0 Å². The third-order valence-corrected chi connectivity index (χ3v) is 4.64. The molecule has 1 aromatic rings. The summed E-state index contributed by atoms with van der Waals surface area (Å²) >= 11 is 1.82. The second-order valence-corrected chi connectivity index (χ2v) is 7.38. The van der Waals surface area contributed by atoms with E-state index in [2.05, 4.69) is 13.8 Å². The van der Waals surface area contributed by atoms with Crippen molar-refractivity contribution in [2.24, 2.45) is 0 Å². The molecule has 1 unspecified atom stereocenters. The lowest BCUT2D eigenvalue weighted by atomic mass is 10.3. The molecule has 1 rings (SSSR count). The number of hydrogen-bond donors (Lipinski definition) is 1. The maximum absolute atomic E-state index is 10.5. The highest BCUT2D eigenvalue weighted by Gasteiger charge is 2.04. The normalized spacial score (nSPS) is 13.2. The van der Waals surface area contributed by atoms with Gasteiger partial charge in [-0.2, -0.15) is 8.42 Å². The first-order valence-corrected chi connectivity index (χ1v) is 8.74. The van der Waals surface area contributed by atoms with E-state index in [0.29, 0.717) is 11.0 Å². The average molecular weight is 304 g/mol. The van der Waals surface area contributed by atoms with Gasteiger partial charge in [-0.25, -0.2) is 0 Å². The number of hydrogen-bond acceptors (Lipinski definition) is 4. The van der Waals surface area contributed by atoms with E-state index in [4.69, 9.17) is 9.29 Å². The predicted octanol–water partition coefficient (Wildman–Crippen LogP) is 3.23. The van der Waals surface area contributed by atoms with Crippen LogP contribution in [0.15, 0.2) is 29.2 Å². The summed E-state index contributed by atoms with van der Waals surface area (Å²) in [5, 5.41) is 0.585. The molecular formula is C13H20O4S2. The fraction of sp³-hybridized carbons (Fsp3) is 0.538. The van der Waals surface area contributed by atoms with Crippen LogP contribution < -0.4 is 4.74 Å². The van der Waals surface area contributed by atoms with Gasteiger partial charge >= 0.3 is 0 Å². The zero-order chi connectivity index (χ0) is 14.3. The quantitative estimate of drug-likeness (QED) is 0.454. The lowest BCUT2D eigenvalue weighted by Gasteiger charge is -2.09. The Balaban J connectivity index is 2.36. The van der Waals surface area contributed by atoms with Crippen LogP contribution in [-0.4, -0.2) is 30.6 Å². The first-order valence-electron chi connectivity index (χ1n) is 6.25. The van der Waals surface area contributed by atoms with Gasteiger partial charge in [0.05, 0.1) is 12.4 Å². The van der Waals surface area contributed by atoms with Crippen LogP contribution in [-0.2, 0) is 10.1 Å². The topological polar surface area (TPSA) is 63.6 Å². The second kappa shape index (κ2) is 7.77. The molecule has 4 nitrogen and oxygen atoms in total. The van der Waals surface area contributed by atoms with Crippen LogP contribution in [0.4, 0.5) is 0 Å². The van der Waals surface area contributed by atoms with Crippen molar-refractivity contribution >= 4 is 21.9 Å². The van der Waals surface area contributed by atoms with Gasteiger partial charge in [-0.1, -0.05) is 13.8 Å². The highest BCUT2D eigenvalue weighted by Crippen LogP contribution is 2.26. The lowest BCUT2D eigenvalue weighted by Crippen LogP contribution is -2.08. The van der Waals surface area contributed by atoms with Gasteiger partial charge in [0.25, 0.3) is 10.1 Å². The van der Waals surface area contributed by atoms with Gasteiger partial charge in [0.1, 0.15) is 5.75 Å². The monoisotopic (exact) mass is 304 g/mol. The standard InChI is InChI=1S/C13H20O4S2/c1-3-11(2)18-13-7-5-12(6-8-13)17-9-4-10-19(14,15)16/h5-8,11H,3-4,9-10H2,1-2H3,(H,14,15,16). The van der Waals surface area contributed by atoms with Crippen molar-refractivity contribution in [2.45, 2.75) is 36.8 Å². The van der Waals surface area contributed by atoms with Gasteiger partial charge in [-0.15, -0.1) is 11.8 Å². The molecule has 0 heterocycles. The van der Waals surface area contributed by atoms with Gasteiger partial charge < -0.3 is 4.74 Å². The molecule has 0 fully saturated rings. The third-order valence-electron chi connectivity index (χ3n) is 2.55. The average Bonchev–Trinajstić information content (AvgIpc) is 2.35. The van der Waals surface area contributed by atoms with E-state index in [0.717, 1.165) is 6.42 Å². The smallest absolute Gasteiger partial charge is 0.264 e. The zero-order valence-electron chi connectivity index (χ0n) is 11.2. The van der Waals surface area contributed by atoms with E-state index in [1.807, 2.05) is 36.0 Å². The van der Waals surface area contributed by atoms with Crippen LogP contribution in [0.2, 0.25) is 0 Å². The Bertz CT molecular complexity index is 468. The molecule has 0 radical (unpaired) electrons. The summed E-state index contributed by atoms with van der Waals surface area (Å²) in [6.07, 6.45) is 1.40. The van der Waals surface area contributed by atoms with E-state index >= 15 is 0 Å². The summed E-state index contributed by atoms with van der Waals surface area (Å²) in [5.41, 5.74) is 0. The molecule has 0 bridgehead atoms. The van der Waals surface area contributed by atoms with Gasteiger partial charge in [0.2, 0.25) is 0 Å². The number of ether oxygens (including phenoxy) is 1. The molecule has 0 saturated carbocycles. The molecular weight excluding hydrogens is 284 g/mol. The molecule has 0 spiro atoms. The summed E-state index contributed by atoms with van der Waals surface area (Å²) in [4.78, 5) is 1.19. The van der Waals surface area contributed by atoms with Gasteiger partial charge in [-0.05, 0) is 37.1 Å². The first kappa shape index (κ1) is 16.3. The molecule has 6 heteroatoms. The van der Waals surface area contributed by atoms with Crippen LogP contribution in [0.5, 0.6) is 5.75 Å². The Labute approximate surface area is 119 Å². The van der Waals surface area contributed by atoms with Crippen molar-refractivity contribution in [3.63, 3.8) is 0 Å². The Morgan fingerprint density at radius 1 is 1.32 bits per heavy atom. The molecule has 0 amide bonds. The van der Waals surface area contributed by atoms with Crippen LogP contribution >= 0.6 is 11.8 Å². The Morgan fingerprint density at radius 2 is 1.95 bits per heavy atom. The molecule has 108 valence electrons. The number of thioether (sulfide) groups is 1. The highest BCUT2D eigenvalue weighted by molar-refractivity contribution is 7.99. The third kappa shape index (κ3) is 7.44. The molecule has 1 aromatic carbocycles. The molecule has 0 saturated heterocycles. The van der Waals surface area contributed by atoms with Crippen molar-refractivity contribution in [1.29, 1.82) is 0 Å². The van der Waals surface area contributed by atoms with Gasteiger partial charge in [-0.3, -0.25) is 4.55 Å². The summed E-state index contributed by atoms with van der Waals surface area (Å²) in [7, 11) is -3.89. The van der Waals surface area contributed by atoms with Crippen molar-refractivity contribution in [2.75, 3.05) is 12.4 Å². The minimum atomic E-state index is -3.89. The van der Waals surface area contributed by atoms with Gasteiger partial charge in [0.15, 0.2) is 0 Å². The maximum Gasteiger partial charge on any atom is 0.264 e. The fourth-order valence-corrected chi connectivity index (χ4v) is 2.77. The van der Waals surface area contributed by atoms with E-state index in [9.17, 15) is 8.42 Å². The highest BCUT2D eigenvalue weighted by atomic mass is 32.2. The first-order chi connectivity index (χ1) is 8.90. The molecule has 1 atom stereocenters. The van der Waals surface area contributed by atoms with E-state index < -0.39 is 10.1 Å². The Morgan fingerprint density at radius 3 is 2.47 bits per heavy atom. The fourth-order valence-electron chi connectivity index (χ4n) is 1.36. The number of benzene rings is 1. The largest absolute Gasteiger partial charge is 0.494 e. The molecule has 0 aromatic heterocycles. The summed E-state index contributed by atoms with van der Waals surface area (Å²) < 4.78 is 35.0. The minimum absolute atomic E-state index is 0.269. The molecule has 1 N–H and O–H groups in total. The Kier molecular flexibility index (Phi) is 6.68. The van der Waals surface area contributed by atoms with Gasteiger partial charge in [0, 0.05) is 10.1 Å². The molecule has 0 aliphatic carbocycles. The maximum atomic E-state index is 10.5. The van der Waals surface area contributed by atoms with Crippen LogP contribution in [0.3, 0.4) is 0 Å². The van der Waals surface area contributed by atoms with Crippen LogP contribution in [0, 0.1) is 0 Å². The second-order valence-electron chi connectivity index (χ2n) is 4.30. The van der Waals surface area contributed by atoms with Crippen molar-refractivity contribution in [1.82, 2.24) is 0 Å². The molecule has 0 aliphatic heterocycles. The van der Waals surface area contributed by atoms with E-state index in [-0.39, 0.29) is 18.8 Å². The summed E-state index contributed by atoms with van der Waals surface area (Å²) in [5.74, 6) is 0.443. The predicted molar refractivity (Wildman–Crippen MR) is 78.6 cm³/mol. The summed E-state index contributed by atoms with van der Waals surface area (Å²) in [6, 6.07) is 7.74. The van der Waals surface area contributed by atoms with E-state index in [1.165, 1.54) is 4.90 Å². The van der Waals surface area contributed by atoms with Crippen molar-refractivity contribution < 1.29 is 17.7 Å². The molecule has 0 aliphatic rings. The van der Waals surface area contributed by atoms with Crippen LogP contribution in [0.25, 0.3) is 0 Å². The van der Waals surface area contributed by atoms with Crippen LogP contribution in [0.1, 0.15) is 26.7 Å². The zero-order valence-corrected chi connectivity index (χ0v) is 12.8. The van der Waals surface area contributed by atoms with Crippen molar-refractivity contribution in [3.05, 3.63) is 24.3 Å². The molecule has 19 heavy (non-hydrogen) atoms. The SMILES string of the molecule is CCC(C)Sc1ccc(OCCCS(=O)(=O)O)cc1. The van der Waals surface area contributed by atoms with Crippen molar-refractivity contribution in [3.8, 4) is 5.75 Å². The minimum Gasteiger partial charge on any atom is -0.494 e. The number of rotatable bonds is 8.